The molecule has 0 saturated carbocycles. The van der Waals surface area contributed by atoms with Crippen molar-refractivity contribution in [2.45, 2.75) is 38.1 Å². The Kier molecular flexibility index (Phi) is 5.25. The molecule has 154 valence electrons. The first kappa shape index (κ1) is 19.6. The number of hydrogen-bond donors (Lipinski definition) is 1. The van der Waals surface area contributed by atoms with Gasteiger partial charge in [-0.05, 0) is 67.0 Å². The van der Waals surface area contributed by atoms with E-state index in [-0.39, 0.29) is 17.1 Å². The van der Waals surface area contributed by atoms with E-state index in [1.807, 2.05) is 34.4 Å². The van der Waals surface area contributed by atoms with Crippen LogP contribution in [0, 0.1) is 5.82 Å². The molecule has 0 radical (unpaired) electrons. The van der Waals surface area contributed by atoms with E-state index >= 15 is 0 Å². The Balaban J connectivity index is 1.52. The van der Waals surface area contributed by atoms with Crippen molar-refractivity contribution in [1.82, 2.24) is 4.90 Å². The van der Waals surface area contributed by atoms with Crippen LogP contribution >= 0.6 is 22.9 Å². The van der Waals surface area contributed by atoms with Crippen molar-refractivity contribution in [3.05, 3.63) is 85.8 Å². The molecule has 1 aliphatic carbocycles. The molecule has 2 amide bonds. The van der Waals surface area contributed by atoms with Gasteiger partial charge >= 0.3 is 6.03 Å². The van der Waals surface area contributed by atoms with E-state index in [0.717, 1.165) is 24.8 Å². The minimum absolute atomic E-state index is 0.000674. The fourth-order valence-corrected chi connectivity index (χ4v) is 6.37. The standard InChI is InChI=1S/C24H22ClFN2OS/c25-19-14-16(10-11-20(19)26)27-24(29)28-13-12-18-17-8-4-5-9-21(17)30-23(18)22(28)15-6-2-1-3-7-15/h1-3,6-7,10-11,14,22H,4-5,8-9,12-13H2,(H,27,29)/t22-/m1/s1. The zero-order chi connectivity index (χ0) is 20.7. The Morgan fingerprint density at radius 2 is 1.87 bits per heavy atom. The van der Waals surface area contributed by atoms with Crippen LogP contribution in [0.1, 0.15) is 45.3 Å². The van der Waals surface area contributed by atoms with E-state index < -0.39 is 5.82 Å². The van der Waals surface area contributed by atoms with Gasteiger partial charge < -0.3 is 10.2 Å². The van der Waals surface area contributed by atoms with E-state index in [9.17, 15) is 9.18 Å². The first-order valence-corrected chi connectivity index (χ1v) is 11.5. The fourth-order valence-electron chi connectivity index (χ4n) is 4.60. The number of thiophene rings is 1. The maximum atomic E-state index is 13.5. The van der Waals surface area contributed by atoms with Crippen molar-refractivity contribution >= 4 is 34.7 Å². The number of rotatable bonds is 2. The first-order valence-electron chi connectivity index (χ1n) is 10.3. The minimum Gasteiger partial charge on any atom is -0.312 e. The molecule has 0 saturated heterocycles. The summed E-state index contributed by atoms with van der Waals surface area (Å²) in [5, 5.41) is 2.91. The predicted molar refractivity (Wildman–Crippen MR) is 120 cm³/mol. The smallest absolute Gasteiger partial charge is 0.312 e. The number of carbonyl (C=O) groups excluding carboxylic acids is 1. The van der Waals surface area contributed by atoms with E-state index in [1.54, 1.807) is 0 Å². The Bertz CT molecular complexity index is 1100. The van der Waals surface area contributed by atoms with Crippen molar-refractivity contribution in [2.75, 3.05) is 11.9 Å². The lowest BCUT2D eigenvalue weighted by Crippen LogP contribution is -2.42. The van der Waals surface area contributed by atoms with Gasteiger partial charge in [-0.3, -0.25) is 0 Å². The average Bonchev–Trinajstić information content (AvgIpc) is 3.15. The van der Waals surface area contributed by atoms with Gasteiger partial charge in [0.2, 0.25) is 0 Å². The maximum absolute atomic E-state index is 13.5. The summed E-state index contributed by atoms with van der Waals surface area (Å²) in [5.74, 6) is -0.497. The monoisotopic (exact) mass is 440 g/mol. The van der Waals surface area contributed by atoms with Crippen molar-refractivity contribution in [3.63, 3.8) is 0 Å². The summed E-state index contributed by atoms with van der Waals surface area (Å²) in [6, 6.07) is 14.2. The van der Waals surface area contributed by atoms with Gasteiger partial charge in [0.1, 0.15) is 5.82 Å². The summed E-state index contributed by atoms with van der Waals surface area (Å²) >= 11 is 7.77. The van der Waals surface area contributed by atoms with Crippen molar-refractivity contribution in [1.29, 1.82) is 0 Å². The Morgan fingerprint density at radius 3 is 2.67 bits per heavy atom. The molecule has 1 atom stereocenters. The number of carbonyl (C=O) groups is 1. The number of nitrogens with zero attached hydrogens (tertiary/aromatic N) is 1. The molecule has 0 unspecified atom stereocenters. The topological polar surface area (TPSA) is 32.3 Å². The average molecular weight is 441 g/mol. The normalized spacial score (nSPS) is 17.9. The van der Waals surface area contributed by atoms with Gasteiger partial charge in [0, 0.05) is 22.0 Å². The van der Waals surface area contributed by atoms with E-state index in [0.29, 0.717) is 12.2 Å². The van der Waals surface area contributed by atoms with Crippen LogP contribution in [0.2, 0.25) is 5.02 Å². The van der Waals surface area contributed by atoms with Gasteiger partial charge in [-0.15, -0.1) is 11.3 Å². The van der Waals surface area contributed by atoms with Crippen LogP contribution < -0.4 is 5.32 Å². The summed E-state index contributed by atoms with van der Waals surface area (Å²) < 4.78 is 13.5. The second kappa shape index (κ2) is 8.05. The van der Waals surface area contributed by atoms with Crippen molar-refractivity contribution in [3.8, 4) is 0 Å². The first-order chi connectivity index (χ1) is 14.6. The number of anilines is 1. The maximum Gasteiger partial charge on any atom is 0.322 e. The van der Waals surface area contributed by atoms with E-state index in [2.05, 4.69) is 17.4 Å². The lowest BCUT2D eigenvalue weighted by atomic mass is 9.88. The van der Waals surface area contributed by atoms with Gasteiger partial charge in [0.15, 0.2) is 0 Å². The molecule has 2 aromatic carbocycles. The molecule has 0 spiro atoms. The zero-order valence-corrected chi connectivity index (χ0v) is 18.0. The third-order valence-electron chi connectivity index (χ3n) is 6.02. The quantitative estimate of drug-likeness (QED) is 0.478. The molecular weight excluding hydrogens is 419 g/mol. The van der Waals surface area contributed by atoms with Crippen molar-refractivity contribution < 1.29 is 9.18 Å². The van der Waals surface area contributed by atoms with Gasteiger partial charge in [0.05, 0.1) is 11.1 Å². The van der Waals surface area contributed by atoms with Crippen LogP contribution in [0.25, 0.3) is 0 Å². The Labute approximate surface area is 184 Å². The molecule has 30 heavy (non-hydrogen) atoms. The number of halogens is 2. The zero-order valence-electron chi connectivity index (χ0n) is 16.5. The summed E-state index contributed by atoms with van der Waals surface area (Å²) in [5.41, 5.74) is 4.60. The third-order valence-corrected chi connectivity index (χ3v) is 7.70. The van der Waals surface area contributed by atoms with E-state index in [1.165, 1.54) is 51.9 Å². The van der Waals surface area contributed by atoms with Crippen molar-refractivity contribution in [2.24, 2.45) is 0 Å². The van der Waals surface area contributed by atoms with Gasteiger partial charge in [0.25, 0.3) is 0 Å². The van der Waals surface area contributed by atoms with Crippen LogP contribution in [0.4, 0.5) is 14.9 Å². The molecule has 6 heteroatoms. The summed E-state index contributed by atoms with van der Waals surface area (Å²) in [6.07, 6.45) is 5.68. The number of urea groups is 1. The highest BCUT2D eigenvalue weighted by Gasteiger charge is 2.36. The lowest BCUT2D eigenvalue weighted by molar-refractivity contribution is 0.195. The highest BCUT2D eigenvalue weighted by Crippen LogP contribution is 2.45. The highest BCUT2D eigenvalue weighted by atomic mass is 35.5. The predicted octanol–water partition coefficient (Wildman–Crippen LogP) is 6.60. The largest absolute Gasteiger partial charge is 0.322 e. The van der Waals surface area contributed by atoms with Gasteiger partial charge in [-0.2, -0.15) is 0 Å². The second-order valence-electron chi connectivity index (χ2n) is 7.87. The number of fused-ring (bicyclic) bond motifs is 3. The SMILES string of the molecule is O=C(Nc1ccc(F)c(Cl)c1)N1CCc2c(sc3c2CCCC3)[C@H]1c1ccccc1. The number of aryl methyl sites for hydroxylation is 1. The molecule has 0 fully saturated rings. The molecule has 2 aliphatic rings. The van der Waals surface area contributed by atoms with Crippen LogP contribution in [0.15, 0.2) is 48.5 Å². The molecule has 1 aromatic heterocycles. The molecular formula is C24H22ClFN2OS. The van der Waals surface area contributed by atoms with Gasteiger partial charge in [-0.25, -0.2) is 9.18 Å². The highest BCUT2D eigenvalue weighted by molar-refractivity contribution is 7.12. The molecule has 0 bridgehead atoms. The molecule has 1 aliphatic heterocycles. The number of amides is 2. The van der Waals surface area contributed by atoms with Crippen LogP contribution in [-0.4, -0.2) is 17.5 Å². The number of hydrogen-bond acceptors (Lipinski definition) is 2. The van der Waals surface area contributed by atoms with Crippen LogP contribution in [-0.2, 0) is 19.3 Å². The summed E-state index contributed by atoms with van der Waals surface area (Å²) in [6.45, 7) is 0.649. The number of nitrogens with one attached hydrogen (secondary N) is 1. The summed E-state index contributed by atoms with van der Waals surface area (Å²) in [7, 11) is 0. The van der Waals surface area contributed by atoms with Gasteiger partial charge in [-0.1, -0.05) is 41.9 Å². The number of benzene rings is 2. The summed E-state index contributed by atoms with van der Waals surface area (Å²) in [4.78, 5) is 18.0. The minimum atomic E-state index is -0.497. The second-order valence-corrected chi connectivity index (χ2v) is 9.41. The molecule has 3 nitrogen and oxygen atoms in total. The molecule has 2 heterocycles. The van der Waals surface area contributed by atoms with Crippen LogP contribution in [0.3, 0.4) is 0 Å². The van der Waals surface area contributed by atoms with E-state index in [4.69, 9.17) is 11.6 Å². The van der Waals surface area contributed by atoms with Crippen LogP contribution in [0.5, 0.6) is 0 Å². The Hall–Kier alpha value is -2.37. The molecule has 1 N–H and O–H groups in total. The lowest BCUT2D eigenvalue weighted by Gasteiger charge is -2.36. The molecule has 3 aromatic rings. The Morgan fingerprint density at radius 1 is 1.07 bits per heavy atom. The fraction of sp³-hybridized carbons (Fsp3) is 0.292. The molecule has 5 rings (SSSR count). The third kappa shape index (κ3) is 3.50.